The van der Waals surface area contributed by atoms with Crippen molar-refractivity contribution in [2.24, 2.45) is 0 Å². The molecular formula is C17H13Cl2N3OS2. The van der Waals surface area contributed by atoms with Crippen LogP contribution >= 0.6 is 46.3 Å². The molecular weight excluding hydrogens is 397 g/mol. The minimum absolute atomic E-state index is 0.154. The van der Waals surface area contributed by atoms with Gasteiger partial charge in [0.2, 0.25) is 5.91 Å². The molecule has 3 rings (SSSR count). The Hall–Kier alpha value is -1.73. The number of carbonyl (C=O) groups is 1. The lowest BCUT2D eigenvalue weighted by Gasteiger charge is -2.05. The van der Waals surface area contributed by atoms with Crippen LogP contribution in [0.3, 0.4) is 0 Å². The molecule has 128 valence electrons. The highest BCUT2D eigenvalue weighted by molar-refractivity contribution is 8.01. The number of anilines is 2. The molecule has 8 heteroatoms. The van der Waals surface area contributed by atoms with Crippen molar-refractivity contribution in [3.63, 3.8) is 0 Å². The molecule has 0 fully saturated rings. The number of hydrogen-bond acceptors (Lipinski definition) is 5. The van der Waals surface area contributed by atoms with E-state index >= 15 is 0 Å². The predicted octanol–water partition coefficient (Wildman–Crippen LogP) is 5.43. The molecule has 0 saturated carbocycles. The number of amides is 1. The molecule has 0 aliphatic heterocycles. The molecule has 1 amide bonds. The summed E-state index contributed by atoms with van der Waals surface area (Å²) in [5, 5.41) is 4.25. The molecule has 0 bridgehead atoms. The normalized spacial score (nSPS) is 10.6. The minimum Gasteiger partial charge on any atom is -0.389 e. The summed E-state index contributed by atoms with van der Waals surface area (Å²) in [5.41, 5.74) is 8.36. The number of nitrogens with one attached hydrogen (secondary N) is 1. The molecule has 25 heavy (non-hydrogen) atoms. The predicted molar refractivity (Wildman–Crippen MR) is 108 cm³/mol. The van der Waals surface area contributed by atoms with Gasteiger partial charge < -0.3 is 11.1 Å². The van der Waals surface area contributed by atoms with Crippen molar-refractivity contribution >= 4 is 62.9 Å². The molecule has 0 atom stereocenters. The number of hydrogen-bond donors (Lipinski definition) is 2. The van der Waals surface area contributed by atoms with Crippen molar-refractivity contribution in [2.75, 3.05) is 16.8 Å². The van der Waals surface area contributed by atoms with E-state index in [1.165, 1.54) is 23.1 Å². The van der Waals surface area contributed by atoms with E-state index in [1.807, 2.05) is 30.3 Å². The summed E-state index contributed by atoms with van der Waals surface area (Å²) in [6, 6.07) is 14.7. The van der Waals surface area contributed by atoms with Crippen molar-refractivity contribution in [1.29, 1.82) is 0 Å². The van der Waals surface area contributed by atoms with Crippen molar-refractivity contribution < 1.29 is 4.79 Å². The summed E-state index contributed by atoms with van der Waals surface area (Å²) in [7, 11) is 0. The van der Waals surface area contributed by atoms with Crippen LogP contribution in [0, 0.1) is 0 Å². The summed E-state index contributed by atoms with van der Waals surface area (Å²) in [5.74, 6) is 0.0694. The van der Waals surface area contributed by atoms with E-state index < -0.39 is 0 Å². The first kappa shape index (κ1) is 18.1. The van der Waals surface area contributed by atoms with Gasteiger partial charge in [0.25, 0.3) is 0 Å². The Kier molecular flexibility index (Phi) is 5.86. The van der Waals surface area contributed by atoms with E-state index in [0.29, 0.717) is 20.7 Å². The van der Waals surface area contributed by atoms with Crippen LogP contribution in [0.15, 0.2) is 52.9 Å². The van der Waals surface area contributed by atoms with Crippen LogP contribution in [0.25, 0.3) is 11.3 Å². The number of benzene rings is 2. The summed E-state index contributed by atoms with van der Waals surface area (Å²) < 4.78 is 0.751. The maximum absolute atomic E-state index is 12.1. The number of halogens is 2. The topological polar surface area (TPSA) is 68.0 Å². The maximum atomic E-state index is 12.1. The number of carbonyl (C=O) groups excluding carboxylic acids is 1. The molecule has 0 radical (unpaired) electrons. The fourth-order valence-electron chi connectivity index (χ4n) is 2.07. The first-order chi connectivity index (χ1) is 12.0. The Morgan fingerprint density at radius 1 is 1.16 bits per heavy atom. The van der Waals surface area contributed by atoms with E-state index in [4.69, 9.17) is 28.9 Å². The Morgan fingerprint density at radius 2 is 1.92 bits per heavy atom. The number of rotatable bonds is 5. The molecule has 1 heterocycles. The van der Waals surface area contributed by atoms with Crippen LogP contribution in [0.5, 0.6) is 0 Å². The molecule has 3 aromatic rings. The SMILES string of the molecule is Nc1sc(SCC(=O)Nc2ccc(Cl)c(Cl)c2)nc1-c1ccccc1. The second-order valence-corrected chi connectivity index (χ2v) is 8.09. The number of nitrogen functional groups attached to an aromatic ring is 1. The average Bonchev–Trinajstić information content (AvgIpc) is 2.98. The summed E-state index contributed by atoms with van der Waals surface area (Å²) in [4.78, 5) is 16.6. The quantitative estimate of drug-likeness (QED) is 0.551. The highest BCUT2D eigenvalue weighted by Gasteiger charge is 2.12. The Morgan fingerprint density at radius 3 is 2.64 bits per heavy atom. The van der Waals surface area contributed by atoms with Gasteiger partial charge in [0.05, 0.1) is 15.8 Å². The highest BCUT2D eigenvalue weighted by atomic mass is 35.5. The second kappa shape index (κ2) is 8.10. The van der Waals surface area contributed by atoms with Crippen molar-refractivity contribution in [3.8, 4) is 11.3 Å². The molecule has 0 aliphatic carbocycles. The van der Waals surface area contributed by atoms with Crippen LogP contribution in [0.2, 0.25) is 10.0 Å². The Balaban J connectivity index is 1.62. The van der Waals surface area contributed by atoms with Crippen LogP contribution in [-0.4, -0.2) is 16.6 Å². The summed E-state index contributed by atoms with van der Waals surface area (Å²) in [6.07, 6.45) is 0. The monoisotopic (exact) mass is 409 g/mol. The zero-order valence-corrected chi connectivity index (χ0v) is 16.0. The Bertz CT molecular complexity index is 900. The van der Waals surface area contributed by atoms with Gasteiger partial charge in [-0.05, 0) is 18.2 Å². The molecule has 0 spiro atoms. The molecule has 0 saturated heterocycles. The lowest BCUT2D eigenvalue weighted by Crippen LogP contribution is -2.13. The minimum atomic E-state index is -0.154. The third kappa shape index (κ3) is 4.67. The fourth-order valence-corrected chi connectivity index (χ4v) is 4.12. The van der Waals surface area contributed by atoms with Gasteiger partial charge in [0.15, 0.2) is 4.34 Å². The Labute approximate surface area is 163 Å². The molecule has 0 unspecified atom stereocenters. The molecule has 0 aliphatic rings. The van der Waals surface area contributed by atoms with E-state index in [0.717, 1.165) is 15.6 Å². The second-order valence-electron chi connectivity index (χ2n) is 5.02. The first-order valence-corrected chi connectivity index (χ1v) is 9.78. The lowest BCUT2D eigenvalue weighted by atomic mass is 10.2. The number of thiazole rings is 1. The van der Waals surface area contributed by atoms with Crippen LogP contribution in [0.1, 0.15) is 0 Å². The van der Waals surface area contributed by atoms with E-state index in [2.05, 4.69) is 10.3 Å². The van der Waals surface area contributed by atoms with Crippen LogP contribution < -0.4 is 11.1 Å². The van der Waals surface area contributed by atoms with Crippen LogP contribution in [-0.2, 0) is 4.79 Å². The van der Waals surface area contributed by atoms with Gasteiger partial charge in [-0.2, -0.15) is 0 Å². The van der Waals surface area contributed by atoms with Crippen LogP contribution in [0.4, 0.5) is 10.7 Å². The van der Waals surface area contributed by atoms with Gasteiger partial charge in [-0.25, -0.2) is 4.98 Å². The van der Waals surface area contributed by atoms with Gasteiger partial charge in [0, 0.05) is 11.3 Å². The zero-order chi connectivity index (χ0) is 17.8. The zero-order valence-electron chi connectivity index (χ0n) is 12.8. The van der Waals surface area contributed by atoms with E-state index in [1.54, 1.807) is 18.2 Å². The van der Waals surface area contributed by atoms with Gasteiger partial charge >= 0.3 is 0 Å². The van der Waals surface area contributed by atoms with Gasteiger partial charge in [-0.1, -0.05) is 76.6 Å². The molecule has 3 N–H and O–H groups in total. The lowest BCUT2D eigenvalue weighted by molar-refractivity contribution is -0.113. The van der Waals surface area contributed by atoms with E-state index in [-0.39, 0.29) is 11.7 Å². The number of nitrogens with two attached hydrogens (primary N) is 1. The number of aromatic nitrogens is 1. The largest absolute Gasteiger partial charge is 0.389 e. The molecule has 4 nitrogen and oxygen atoms in total. The van der Waals surface area contributed by atoms with Crippen molar-refractivity contribution in [2.45, 2.75) is 4.34 Å². The third-order valence-electron chi connectivity index (χ3n) is 3.21. The molecule has 2 aromatic carbocycles. The van der Waals surface area contributed by atoms with Gasteiger partial charge in [0.1, 0.15) is 10.7 Å². The highest BCUT2D eigenvalue weighted by Crippen LogP contribution is 2.35. The van der Waals surface area contributed by atoms with E-state index in [9.17, 15) is 4.79 Å². The fraction of sp³-hybridized carbons (Fsp3) is 0.0588. The number of nitrogens with zero attached hydrogens (tertiary/aromatic N) is 1. The summed E-state index contributed by atoms with van der Waals surface area (Å²) >= 11 is 14.5. The standard InChI is InChI=1S/C17H13Cl2N3OS2/c18-12-7-6-11(8-13(12)19)21-14(23)9-24-17-22-15(16(20)25-17)10-4-2-1-3-5-10/h1-8H,9,20H2,(H,21,23). The molecule has 1 aromatic heterocycles. The van der Waals surface area contributed by atoms with Crippen molar-refractivity contribution in [3.05, 3.63) is 58.6 Å². The third-order valence-corrected chi connectivity index (χ3v) is 5.98. The van der Waals surface area contributed by atoms with Gasteiger partial charge in [-0.3, -0.25) is 4.79 Å². The first-order valence-electron chi connectivity index (χ1n) is 7.22. The smallest absolute Gasteiger partial charge is 0.234 e. The average molecular weight is 410 g/mol. The maximum Gasteiger partial charge on any atom is 0.234 e. The van der Waals surface area contributed by atoms with Gasteiger partial charge in [-0.15, -0.1) is 0 Å². The summed E-state index contributed by atoms with van der Waals surface area (Å²) in [6.45, 7) is 0. The number of thioether (sulfide) groups is 1. The van der Waals surface area contributed by atoms with Crippen molar-refractivity contribution in [1.82, 2.24) is 4.98 Å².